The average molecular weight is 549 g/mol. The third-order valence-electron chi connectivity index (χ3n) is 6.67. The summed E-state index contributed by atoms with van der Waals surface area (Å²) in [5, 5.41) is 3.10. The van der Waals surface area contributed by atoms with Crippen molar-refractivity contribution in [2.45, 2.75) is 19.3 Å². The van der Waals surface area contributed by atoms with E-state index < -0.39 is 21.8 Å². The van der Waals surface area contributed by atoms with E-state index in [0.717, 1.165) is 28.0 Å². The predicted octanol–water partition coefficient (Wildman–Crippen LogP) is 3.99. The minimum absolute atomic E-state index is 0.0261. The van der Waals surface area contributed by atoms with E-state index in [-0.39, 0.29) is 24.9 Å². The maximum atomic E-state index is 14.0. The van der Waals surface area contributed by atoms with Gasteiger partial charge in [-0.25, -0.2) is 13.4 Å². The van der Waals surface area contributed by atoms with Crippen molar-refractivity contribution in [1.29, 1.82) is 0 Å². The first kappa shape index (κ1) is 26.0. The van der Waals surface area contributed by atoms with E-state index in [2.05, 4.69) is 20.2 Å². The summed E-state index contributed by atoms with van der Waals surface area (Å²) in [5.41, 5.74) is 2.38. The highest BCUT2D eigenvalue weighted by atomic mass is 32.2. The van der Waals surface area contributed by atoms with E-state index in [9.17, 15) is 21.6 Å². The minimum Gasteiger partial charge on any atom is -0.378 e. The molecule has 0 amide bonds. The summed E-state index contributed by atoms with van der Waals surface area (Å²) in [4.78, 5) is 11.9. The minimum atomic E-state index is -4.68. The van der Waals surface area contributed by atoms with Gasteiger partial charge in [0.25, 0.3) is 0 Å². The fraction of sp³-hybridized carbons (Fsp3) is 0.360. The van der Waals surface area contributed by atoms with Gasteiger partial charge in [-0.2, -0.15) is 18.2 Å². The molecule has 0 aliphatic carbocycles. The smallest absolute Gasteiger partial charge is 0.378 e. The van der Waals surface area contributed by atoms with Gasteiger partial charge >= 0.3 is 6.18 Å². The van der Waals surface area contributed by atoms with Gasteiger partial charge in [0, 0.05) is 45.0 Å². The van der Waals surface area contributed by atoms with Gasteiger partial charge < -0.3 is 19.9 Å². The molecule has 5 rings (SSSR count). The lowest BCUT2D eigenvalue weighted by atomic mass is 10.1. The third kappa shape index (κ3) is 5.20. The number of anilines is 5. The topological polar surface area (TPSA) is 90.9 Å². The van der Waals surface area contributed by atoms with Crippen LogP contribution in [0.3, 0.4) is 0 Å². The molecule has 0 radical (unpaired) electrons. The first-order valence-electron chi connectivity index (χ1n) is 11.9. The number of fused-ring (bicyclic) bond motifs is 1. The summed E-state index contributed by atoms with van der Waals surface area (Å²) >= 11 is 0. The summed E-state index contributed by atoms with van der Waals surface area (Å²) in [5.74, 6) is -0.249. The number of nitrogens with one attached hydrogen (secondary N) is 1. The highest BCUT2D eigenvalue weighted by molar-refractivity contribution is 7.92. The van der Waals surface area contributed by atoms with Gasteiger partial charge in [-0.15, -0.1) is 0 Å². The van der Waals surface area contributed by atoms with Crippen LogP contribution in [0, 0.1) is 0 Å². The van der Waals surface area contributed by atoms with Crippen LogP contribution in [-0.4, -0.2) is 58.0 Å². The molecule has 0 bridgehead atoms. The average Bonchev–Trinajstić information content (AvgIpc) is 3.32. The van der Waals surface area contributed by atoms with E-state index in [0.29, 0.717) is 43.2 Å². The summed E-state index contributed by atoms with van der Waals surface area (Å²) in [7, 11) is -2.13. The third-order valence-corrected chi connectivity index (χ3v) is 7.86. The molecule has 0 saturated carbocycles. The second-order valence-corrected chi connectivity index (χ2v) is 11.2. The molecule has 3 aromatic rings. The second kappa shape index (κ2) is 9.95. The van der Waals surface area contributed by atoms with Crippen LogP contribution in [0.4, 0.5) is 42.0 Å². The number of rotatable bonds is 6. The quantitative estimate of drug-likeness (QED) is 0.495. The standard InChI is InChI=1S/C25H27F3N6O3S/c1-32(38(2,35)36)21-9-5-6-17-15-34(16-18(17)21)23-19(25(26,27)28)14-29-24(31-23)30-20-7-3-4-8-22(20)33-10-12-37-13-11-33/h3-9,14H,10-13,15-16H2,1-2H3,(H,29,30,31). The molecule has 1 fully saturated rings. The van der Waals surface area contributed by atoms with Crippen LogP contribution < -0.4 is 19.4 Å². The van der Waals surface area contributed by atoms with Crippen molar-refractivity contribution in [3.63, 3.8) is 0 Å². The van der Waals surface area contributed by atoms with Gasteiger partial charge in [-0.1, -0.05) is 24.3 Å². The van der Waals surface area contributed by atoms with Gasteiger partial charge in [0.2, 0.25) is 16.0 Å². The predicted molar refractivity (Wildman–Crippen MR) is 139 cm³/mol. The lowest BCUT2D eigenvalue weighted by molar-refractivity contribution is -0.137. The molecule has 13 heteroatoms. The zero-order valence-electron chi connectivity index (χ0n) is 20.9. The number of para-hydroxylation sites is 2. The molecular formula is C25H27F3N6O3S. The summed E-state index contributed by atoms with van der Waals surface area (Å²) in [6.07, 6.45) is -2.81. The SMILES string of the molecule is CN(c1cccc2c1CN(c1nc(Nc3ccccc3N3CCOCC3)ncc1C(F)(F)F)C2)S(C)(=O)=O. The van der Waals surface area contributed by atoms with Crippen molar-refractivity contribution in [2.24, 2.45) is 0 Å². The molecule has 0 atom stereocenters. The summed E-state index contributed by atoms with van der Waals surface area (Å²) in [6.45, 7) is 2.75. The molecule has 202 valence electrons. The van der Waals surface area contributed by atoms with Crippen molar-refractivity contribution in [3.05, 3.63) is 65.4 Å². The van der Waals surface area contributed by atoms with Crippen molar-refractivity contribution in [2.75, 3.05) is 59.0 Å². The Kier molecular flexibility index (Phi) is 6.82. The van der Waals surface area contributed by atoms with Crippen molar-refractivity contribution < 1.29 is 26.3 Å². The van der Waals surface area contributed by atoms with E-state index >= 15 is 0 Å². The molecule has 2 aliphatic rings. The lowest BCUT2D eigenvalue weighted by Gasteiger charge is -2.30. The fourth-order valence-corrected chi connectivity index (χ4v) is 5.21. The van der Waals surface area contributed by atoms with Gasteiger partial charge in [-0.3, -0.25) is 4.31 Å². The normalized spacial score (nSPS) is 15.9. The van der Waals surface area contributed by atoms with Gasteiger partial charge in [0.15, 0.2) is 0 Å². The molecule has 0 spiro atoms. The Morgan fingerprint density at radius 2 is 1.76 bits per heavy atom. The van der Waals surface area contributed by atoms with Crippen molar-refractivity contribution in [1.82, 2.24) is 9.97 Å². The van der Waals surface area contributed by atoms with E-state index in [4.69, 9.17) is 4.74 Å². The number of halogens is 3. The molecule has 9 nitrogen and oxygen atoms in total. The number of aromatic nitrogens is 2. The molecule has 1 N–H and O–H groups in total. The van der Waals surface area contributed by atoms with Crippen LogP contribution in [0.5, 0.6) is 0 Å². The van der Waals surface area contributed by atoms with Gasteiger partial charge in [-0.05, 0) is 23.8 Å². The monoisotopic (exact) mass is 548 g/mol. The van der Waals surface area contributed by atoms with E-state index in [1.54, 1.807) is 18.2 Å². The zero-order valence-corrected chi connectivity index (χ0v) is 21.7. The largest absolute Gasteiger partial charge is 0.421 e. The Labute approximate surface area is 218 Å². The maximum Gasteiger partial charge on any atom is 0.421 e. The lowest BCUT2D eigenvalue weighted by Crippen LogP contribution is -2.36. The van der Waals surface area contributed by atoms with E-state index in [1.807, 2.05) is 24.3 Å². The first-order valence-corrected chi connectivity index (χ1v) is 13.8. The molecule has 2 aliphatic heterocycles. The number of hydrogen-bond donors (Lipinski definition) is 1. The van der Waals surface area contributed by atoms with Crippen molar-refractivity contribution in [3.8, 4) is 0 Å². The molecule has 3 heterocycles. The highest BCUT2D eigenvalue weighted by Gasteiger charge is 2.38. The Balaban J connectivity index is 1.49. The molecule has 0 unspecified atom stereocenters. The number of ether oxygens (including phenoxy) is 1. The van der Waals surface area contributed by atoms with Crippen LogP contribution >= 0.6 is 0 Å². The van der Waals surface area contributed by atoms with Crippen LogP contribution in [0.2, 0.25) is 0 Å². The Bertz CT molecular complexity index is 1440. The zero-order chi connectivity index (χ0) is 27.1. The van der Waals surface area contributed by atoms with Crippen LogP contribution in [0.1, 0.15) is 16.7 Å². The Morgan fingerprint density at radius 1 is 1.03 bits per heavy atom. The first-order chi connectivity index (χ1) is 18.0. The number of benzene rings is 2. The van der Waals surface area contributed by atoms with Crippen LogP contribution in [0.25, 0.3) is 0 Å². The Morgan fingerprint density at radius 3 is 2.47 bits per heavy atom. The molecule has 1 saturated heterocycles. The van der Waals surface area contributed by atoms with Gasteiger partial charge in [0.1, 0.15) is 11.4 Å². The number of hydrogen-bond acceptors (Lipinski definition) is 8. The van der Waals surface area contributed by atoms with E-state index in [1.165, 1.54) is 11.9 Å². The molecule has 1 aromatic heterocycles. The van der Waals surface area contributed by atoms with Gasteiger partial charge in [0.05, 0.1) is 36.5 Å². The summed E-state index contributed by atoms with van der Waals surface area (Å²) in [6, 6.07) is 12.6. The number of sulfonamides is 1. The molecular weight excluding hydrogens is 521 g/mol. The second-order valence-electron chi connectivity index (χ2n) is 9.17. The van der Waals surface area contributed by atoms with Crippen molar-refractivity contribution >= 4 is 38.9 Å². The molecule has 38 heavy (non-hydrogen) atoms. The van der Waals surface area contributed by atoms with Crippen LogP contribution in [0.15, 0.2) is 48.7 Å². The summed E-state index contributed by atoms with van der Waals surface area (Å²) < 4.78 is 73.0. The number of nitrogens with zero attached hydrogens (tertiary/aromatic N) is 5. The number of morpholine rings is 1. The van der Waals surface area contributed by atoms with Crippen LogP contribution in [-0.2, 0) is 34.0 Å². The Hall–Kier alpha value is -3.58. The maximum absolute atomic E-state index is 14.0. The highest BCUT2D eigenvalue weighted by Crippen LogP contribution is 2.41. The molecule has 2 aromatic carbocycles. The number of alkyl halides is 3. The fourth-order valence-electron chi connectivity index (χ4n) is 4.68.